The quantitative estimate of drug-likeness (QED) is 0.179. The fourth-order valence-electron chi connectivity index (χ4n) is 8.67. The molecule has 55 heavy (non-hydrogen) atoms. The number of rotatable bonds is 5. The van der Waals surface area contributed by atoms with E-state index in [2.05, 4.69) is 192 Å². The molecule has 3 heterocycles. The Morgan fingerprint density at radius 2 is 1.09 bits per heavy atom. The third kappa shape index (κ3) is 5.14. The highest BCUT2D eigenvalue weighted by Crippen LogP contribution is 2.40. The van der Waals surface area contributed by atoms with Crippen LogP contribution in [0.3, 0.4) is 0 Å². The van der Waals surface area contributed by atoms with Crippen LogP contribution >= 0.6 is 0 Å². The highest BCUT2D eigenvalue weighted by molar-refractivity contribution is 6.11. The summed E-state index contributed by atoms with van der Waals surface area (Å²) in [5, 5.41) is 4.79. The Balaban J connectivity index is 1.08. The Morgan fingerprint density at radius 3 is 1.89 bits per heavy atom. The summed E-state index contributed by atoms with van der Waals surface area (Å²) in [6.45, 7) is 2.30. The van der Waals surface area contributed by atoms with Gasteiger partial charge in [-0.3, -0.25) is 4.57 Å². The highest BCUT2D eigenvalue weighted by Gasteiger charge is 2.24. The van der Waals surface area contributed by atoms with E-state index in [0.717, 1.165) is 45.5 Å². The number of para-hydroxylation sites is 2. The molecule has 0 fully saturated rings. The van der Waals surface area contributed by atoms with Gasteiger partial charge in [-0.05, 0) is 94.8 Å². The molecule has 1 aliphatic rings. The van der Waals surface area contributed by atoms with Crippen molar-refractivity contribution >= 4 is 49.7 Å². The van der Waals surface area contributed by atoms with Crippen molar-refractivity contribution in [3.8, 4) is 45.1 Å². The molecule has 11 rings (SSSR count). The third-order valence-corrected chi connectivity index (χ3v) is 11.3. The first kappa shape index (κ1) is 31.5. The van der Waals surface area contributed by atoms with Crippen molar-refractivity contribution in [1.82, 2.24) is 19.1 Å². The van der Waals surface area contributed by atoms with Crippen LogP contribution in [-0.2, 0) is 6.42 Å². The molecule has 0 amide bonds. The van der Waals surface area contributed by atoms with E-state index in [1.807, 2.05) is 6.07 Å². The molecule has 1 atom stereocenters. The van der Waals surface area contributed by atoms with Gasteiger partial charge in [0.15, 0.2) is 0 Å². The maximum atomic E-state index is 5.30. The Kier molecular flexibility index (Phi) is 7.17. The summed E-state index contributed by atoms with van der Waals surface area (Å²) in [5.41, 5.74) is 15.0. The molecule has 1 aliphatic carbocycles. The second-order valence-corrected chi connectivity index (χ2v) is 14.7. The Labute approximate surface area is 319 Å². The van der Waals surface area contributed by atoms with Crippen LogP contribution in [0, 0.1) is 5.92 Å². The van der Waals surface area contributed by atoms with Crippen LogP contribution in [0.4, 0.5) is 0 Å². The normalized spacial score (nSPS) is 13.9. The maximum Gasteiger partial charge on any atom is 0.235 e. The first-order valence-corrected chi connectivity index (χ1v) is 19.1. The molecule has 0 saturated heterocycles. The lowest BCUT2D eigenvalue weighted by molar-refractivity contribution is 0.716. The molecule has 10 aromatic rings. The molecule has 4 heteroatoms. The summed E-state index contributed by atoms with van der Waals surface area (Å²) in [7, 11) is 0. The average molecular weight is 705 g/mol. The number of nitrogens with zero attached hydrogens (tertiary/aromatic N) is 4. The van der Waals surface area contributed by atoms with Gasteiger partial charge in [-0.1, -0.05) is 134 Å². The molecule has 7 aromatic carbocycles. The van der Waals surface area contributed by atoms with Crippen LogP contribution in [0.2, 0.25) is 0 Å². The van der Waals surface area contributed by atoms with Crippen LogP contribution in [0.25, 0.3) is 94.8 Å². The zero-order valence-corrected chi connectivity index (χ0v) is 30.4. The number of aromatic nitrogens is 4. The first-order valence-electron chi connectivity index (χ1n) is 19.1. The fraction of sp³-hybridized carbons (Fsp3) is 0.0588. The van der Waals surface area contributed by atoms with E-state index in [1.165, 1.54) is 55.0 Å². The monoisotopic (exact) mass is 704 g/mol. The summed E-state index contributed by atoms with van der Waals surface area (Å²) in [6.07, 6.45) is 5.56. The van der Waals surface area contributed by atoms with Crippen LogP contribution < -0.4 is 0 Å². The van der Waals surface area contributed by atoms with E-state index >= 15 is 0 Å². The van der Waals surface area contributed by atoms with E-state index in [9.17, 15) is 0 Å². The van der Waals surface area contributed by atoms with Gasteiger partial charge >= 0.3 is 0 Å². The summed E-state index contributed by atoms with van der Waals surface area (Å²) in [4.78, 5) is 10.5. The zero-order chi connectivity index (χ0) is 36.5. The molecule has 260 valence electrons. The van der Waals surface area contributed by atoms with E-state index < -0.39 is 0 Å². The van der Waals surface area contributed by atoms with E-state index in [4.69, 9.17) is 9.97 Å². The minimum Gasteiger partial charge on any atom is -0.309 e. The first-order chi connectivity index (χ1) is 27.2. The van der Waals surface area contributed by atoms with Crippen LogP contribution in [0.1, 0.15) is 18.2 Å². The maximum absolute atomic E-state index is 5.30. The number of benzene rings is 7. The van der Waals surface area contributed by atoms with E-state index in [0.29, 0.717) is 11.9 Å². The van der Waals surface area contributed by atoms with Gasteiger partial charge in [0.2, 0.25) is 5.95 Å². The molecular formula is C51H36N4. The smallest absolute Gasteiger partial charge is 0.235 e. The van der Waals surface area contributed by atoms with Crippen molar-refractivity contribution in [3.05, 3.63) is 187 Å². The minimum atomic E-state index is 0.440. The van der Waals surface area contributed by atoms with E-state index in [1.54, 1.807) is 0 Å². The minimum absolute atomic E-state index is 0.440. The number of hydrogen-bond donors (Lipinski definition) is 0. The molecule has 0 saturated carbocycles. The second-order valence-electron chi connectivity index (χ2n) is 14.7. The summed E-state index contributed by atoms with van der Waals surface area (Å²) in [6, 6.07) is 60.9. The third-order valence-electron chi connectivity index (χ3n) is 11.3. The largest absolute Gasteiger partial charge is 0.309 e. The van der Waals surface area contributed by atoms with Gasteiger partial charge in [0, 0.05) is 32.8 Å². The SMILES string of the molecule is CC1C=Cc2c(c3cc(-c4ccc5c(c4)c4ccccc4n5-c4cccc(-c5ccccc5)c4)ccc3n2-c2nc(-c3ccccc3)c3ccccc3n2)C1. The van der Waals surface area contributed by atoms with Crippen molar-refractivity contribution in [2.45, 2.75) is 13.3 Å². The lowest BCUT2D eigenvalue weighted by atomic mass is 9.92. The Hall–Kier alpha value is -7.04. The van der Waals surface area contributed by atoms with Gasteiger partial charge in [-0.25, -0.2) is 9.97 Å². The van der Waals surface area contributed by atoms with Gasteiger partial charge in [-0.2, -0.15) is 0 Å². The summed E-state index contributed by atoms with van der Waals surface area (Å²) < 4.78 is 4.68. The van der Waals surface area contributed by atoms with Crippen LogP contribution in [0.15, 0.2) is 176 Å². The predicted octanol–water partition coefficient (Wildman–Crippen LogP) is 12.9. The van der Waals surface area contributed by atoms with Gasteiger partial charge in [0.25, 0.3) is 0 Å². The van der Waals surface area contributed by atoms with Gasteiger partial charge in [-0.15, -0.1) is 0 Å². The molecule has 0 aliphatic heterocycles. The molecule has 0 bridgehead atoms. The van der Waals surface area contributed by atoms with E-state index in [-0.39, 0.29) is 0 Å². The van der Waals surface area contributed by atoms with Gasteiger partial charge in [0.1, 0.15) is 0 Å². The van der Waals surface area contributed by atoms with Crippen LogP contribution in [-0.4, -0.2) is 19.1 Å². The fourth-order valence-corrected chi connectivity index (χ4v) is 8.67. The average Bonchev–Trinajstić information content (AvgIpc) is 3.75. The lowest BCUT2D eigenvalue weighted by Gasteiger charge is -2.16. The van der Waals surface area contributed by atoms with Crippen molar-refractivity contribution in [2.75, 3.05) is 0 Å². The van der Waals surface area contributed by atoms with Crippen molar-refractivity contribution in [3.63, 3.8) is 0 Å². The molecule has 0 spiro atoms. The summed E-state index contributed by atoms with van der Waals surface area (Å²) >= 11 is 0. The molecule has 4 nitrogen and oxygen atoms in total. The zero-order valence-electron chi connectivity index (χ0n) is 30.4. The molecule has 0 radical (unpaired) electrons. The number of allylic oxidation sites excluding steroid dienone is 1. The highest BCUT2D eigenvalue weighted by atomic mass is 15.2. The van der Waals surface area contributed by atoms with Gasteiger partial charge < -0.3 is 4.57 Å². The standard InChI is InChI=1S/C51H36N4/c1-33-23-26-48-42(29-33)44-32-38(25-28-49(44)55(48)51-52-45-21-10-8-20-41(45)50(53-51)35-15-6-3-7-16-35)37-24-27-47-43(31-37)40-19-9-11-22-46(40)54(47)39-18-12-17-36(30-39)34-13-4-2-5-14-34/h2-28,30-33H,29H2,1H3. The number of fused-ring (bicyclic) bond motifs is 7. The predicted molar refractivity (Wildman–Crippen MR) is 229 cm³/mol. The van der Waals surface area contributed by atoms with Crippen molar-refractivity contribution in [2.24, 2.45) is 5.92 Å². The van der Waals surface area contributed by atoms with Gasteiger partial charge in [0.05, 0.1) is 33.5 Å². The molecular weight excluding hydrogens is 669 g/mol. The van der Waals surface area contributed by atoms with Crippen molar-refractivity contribution < 1.29 is 0 Å². The topological polar surface area (TPSA) is 35.6 Å². The number of hydrogen-bond acceptors (Lipinski definition) is 2. The lowest BCUT2D eigenvalue weighted by Crippen LogP contribution is -2.08. The molecule has 0 N–H and O–H groups in total. The molecule has 1 unspecified atom stereocenters. The Morgan fingerprint density at radius 1 is 0.473 bits per heavy atom. The van der Waals surface area contributed by atoms with Crippen molar-refractivity contribution in [1.29, 1.82) is 0 Å². The van der Waals surface area contributed by atoms with Crippen LogP contribution in [0.5, 0.6) is 0 Å². The summed E-state index contributed by atoms with van der Waals surface area (Å²) in [5.74, 6) is 1.14. The molecule has 3 aromatic heterocycles. The Bertz CT molecular complexity index is 3130. The second kappa shape index (κ2) is 12.5.